The molecule has 61 heavy (non-hydrogen) atoms. The topological polar surface area (TPSA) is 189 Å². The van der Waals surface area contributed by atoms with E-state index in [0.717, 1.165) is 10.5 Å². The molecule has 15 heteroatoms. The monoisotopic (exact) mass is 874 g/mol. The molecule has 0 aliphatic carbocycles. The summed E-state index contributed by atoms with van der Waals surface area (Å²) in [6.07, 6.45) is 3.20. The minimum atomic E-state index is -1.23. The van der Waals surface area contributed by atoms with Crippen molar-refractivity contribution in [1.82, 2.24) is 20.4 Å². The Bertz CT molecular complexity index is 1730. The third-order valence-electron chi connectivity index (χ3n) is 11.1. The number of carboxylic acid groups (broad SMARTS) is 1. The maximum Gasteiger partial charge on any atom is 0.334 e. The van der Waals surface area contributed by atoms with E-state index in [-0.39, 0.29) is 48.4 Å². The van der Waals surface area contributed by atoms with Gasteiger partial charge in [0.05, 0.1) is 12.5 Å². The zero-order valence-corrected chi connectivity index (χ0v) is 39.4. The molecule has 0 saturated heterocycles. The summed E-state index contributed by atoms with van der Waals surface area (Å²) in [4.78, 5) is 94.5. The summed E-state index contributed by atoms with van der Waals surface area (Å²) in [5, 5.41) is 15.3. The molecule has 0 fully saturated rings. The number of benzene rings is 1. The highest BCUT2D eigenvalue weighted by atomic mass is 35.5. The van der Waals surface area contributed by atoms with E-state index in [0.29, 0.717) is 29.0 Å². The van der Waals surface area contributed by atoms with Gasteiger partial charge < -0.3 is 35.0 Å². The van der Waals surface area contributed by atoms with Crippen molar-refractivity contribution >= 4 is 53.1 Å². The number of nitrogens with one attached hydrogen (secondary N) is 2. The average Bonchev–Trinajstić information content (AvgIpc) is 3.20. The van der Waals surface area contributed by atoms with Crippen LogP contribution in [0.4, 0.5) is 0 Å². The Labute approximate surface area is 368 Å². The van der Waals surface area contributed by atoms with Crippen LogP contribution < -0.4 is 10.6 Å². The number of carboxylic acids is 1. The molecule has 0 aromatic heterocycles. The molecule has 1 rings (SSSR count). The lowest BCUT2D eigenvalue weighted by Gasteiger charge is -2.33. The molecule has 0 heterocycles. The van der Waals surface area contributed by atoms with Gasteiger partial charge in [-0.05, 0) is 87.5 Å². The number of carbonyl (C=O) groups excluding carboxylic acids is 6. The third-order valence-corrected chi connectivity index (χ3v) is 11.3. The largest absolute Gasteiger partial charge is 0.480 e. The van der Waals surface area contributed by atoms with Crippen LogP contribution in [0.3, 0.4) is 0 Å². The SMILES string of the molecule is C/C=C(\C)[C@@H](OC(=O)C(C)C)[C@@H](C)[C@@H](C)C/C=C(\C)C(=O)O[C@H](CC(C)C)C(=O)N[C@@H](C)C(=O)N(C)[C@H](Cc1ccc(Cl)cc1)C(=O)N(C)CC(=O)N[C@H](C(=O)O)C(C)CC. The number of hydrogen-bond acceptors (Lipinski definition) is 9. The van der Waals surface area contributed by atoms with E-state index in [9.17, 15) is 38.7 Å². The van der Waals surface area contributed by atoms with Gasteiger partial charge in [0.15, 0.2) is 6.10 Å². The van der Waals surface area contributed by atoms with Gasteiger partial charge in [-0.2, -0.15) is 0 Å². The summed E-state index contributed by atoms with van der Waals surface area (Å²) in [7, 11) is 2.80. The number of allylic oxidation sites excluding steroid dienone is 2. The fraction of sp³-hybridized carbons (Fsp3) is 0.630. The fourth-order valence-corrected chi connectivity index (χ4v) is 6.50. The number of likely N-dealkylation sites (N-methyl/N-ethyl adjacent to an activating group) is 2. The van der Waals surface area contributed by atoms with E-state index in [1.807, 2.05) is 47.6 Å². The van der Waals surface area contributed by atoms with E-state index in [4.69, 9.17) is 21.1 Å². The lowest BCUT2D eigenvalue weighted by Crippen LogP contribution is -2.56. The van der Waals surface area contributed by atoms with Crippen LogP contribution in [-0.4, -0.2) is 107 Å². The zero-order chi connectivity index (χ0) is 46.9. The molecule has 1 aromatic carbocycles. The van der Waals surface area contributed by atoms with E-state index in [1.54, 1.807) is 65.0 Å². The minimum absolute atomic E-state index is 0.00692. The highest BCUT2D eigenvalue weighted by Gasteiger charge is 2.35. The van der Waals surface area contributed by atoms with Crippen LogP contribution in [0, 0.1) is 29.6 Å². The fourth-order valence-electron chi connectivity index (χ4n) is 6.37. The quantitative estimate of drug-likeness (QED) is 0.0597. The second-order valence-corrected chi connectivity index (χ2v) is 17.5. The molecule has 0 radical (unpaired) electrons. The number of hydrogen-bond donors (Lipinski definition) is 3. The first-order valence-electron chi connectivity index (χ1n) is 21.2. The first kappa shape index (κ1) is 54.3. The Morgan fingerprint density at radius 3 is 1.95 bits per heavy atom. The molecule has 342 valence electrons. The third kappa shape index (κ3) is 17.7. The van der Waals surface area contributed by atoms with Gasteiger partial charge >= 0.3 is 17.9 Å². The second-order valence-electron chi connectivity index (χ2n) is 17.0. The normalized spacial score (nSPS) is 16.0. The maximum absolute atomic E-state index is 14.0. The minimum Gasteiger partial charge on any atom is -0.480 e. The Hall–Kier alpha value is -4.72. The summed E-state index contributed by atoms with van der Waals surface area (Å²) in [5.74, 6) is -5.52. The van der Waals surface area contributed by atoms with Crippen LogP contribution in [0.5, 0.6) is 0 Å². The Morgan fingerprint density at radius 2 is 1.44 bits per heavy atom. The van der Waals surface area contributed by atoms with E-state index < -0.39 is 72.4 Å². The summed E-state index contributed by atoms with van der Waals surface area (Å²) in [6.45, 7) is 21.2. The highest BCUT2D eigenvalue weighted by molar-refractivity contribution is 6.30. The number of aliphatic carboxylic acids is 1. The Balaban J connectivity index is 3.22. The van der Waals surface area contributed by atoms with E-state index in [1.165, 1.54) is 25.9 Å². The Morgan fingerprint density at radius 1 is 0.852 bits per heavy atom. The molecule has 0 aliphatic heterocycles. The number of amides is 4. The smallest absolute Gasteiger partial charge is 0.334 e. The van der Waals surface area contributed by atoms with Crippen molar-refractivity contribution < 1.29 is 48.1 Å². The highest BCUT2D eigenvalue weighted by Crippen LogP contribution is 2.28. The van der Waals surface area contributed by atoms with Crippen LogP contribution in [0.25, 0.3) is 0 Å². The van der Waals surface area contributed by atoms with Gasteiger partial charge in [0, 0.05) is 31.1 Å². The average molecular weight is 876 g/mol. The molecular formula is C46H71ClN4O10. The predicted molar refractivity (Wildman–Crippen MR) is 236 cm³/mol. The summed E-state index contributed by atoms with van der Waals surface area (Å²) in [5.41, 5.74) is 1.89. The molecule has 14 nitrogen and oxygen atoms in total. The number of esters is 2. The van der Waals surface area contributed by atoms with Crippen LogP contribution >= 0.6 is 11.6 Å². The predicted octanol–water partition coefficient (Wildman–Crippen LogP) is 6.39. The lowest BCUT2D eigenvalue weighted by atomic mass is 9.84. The van der Waals surface area contributed by atoms with Gasteiger partial charge in [-0.15, -0.1) is 0 Å². The van der Waals surface area contributed by atoms with Crippen LogP contribution in [-0.2, 0) is 49.5 Å². The molecule has 0 aliphatic rings. The first-order valence-corrected chi connectivity index (χ1v) is 21.5. The van der Waals surface area contributed by atoms with Gasteiger partial charge in [0.2, 0.25) is 17.7 Å². The summed E-state index contributed by atoms with van der Waals surface area (Å²) in [6, 6.07) is 3.24. The van der Waals surface area contributed by atoms with Gasteiger partial charge in [-0.1, -0.05) is 97.7 Å². The van der Waals surface area contributed by atoms with Gasteiger partial charge in [0.1, 0.15) is 24.2 Å². The number of nitrogens with zero attached hydrogens (tertiary/aromatic N) is 2. The lowest BCUT2D eigenvalue weighted by molar-refractivity contribution is -0.154. The van der Waals surface area contributed by atoms with Crippen LogP contribution in [0.2, 0.25) is 5.02 Å². The molecule has 8 atom stereocenters. The number of carbonyl (C=O) groups is 7. The molecule has 1 unspecified atom stereocenters. The molecule has 1 aromatic rings. The van der Waals surface area contributed by atoms with E-state index in [2.05, 4.69) is 10.6 Å². The van der Waals surface area contributed by atoms with Gasteiger partial charge in [0.25, 0.3) is 5.91 Å². The van der Waals surface area contributed by atoms with Crippen molar-refractivity contribution in [1.29, 1.82) is 0 Å². The Kier molecular flexibility index (Phi) is 23.1. The zero-order valence-electron chi connectivity index (χ0n) is 38.7. The van der Waals surface area contributed by atoms with Crippen molar-refractivity contribution in [2.24, 2.45) is 29.6 Å². The van der Waals surface area contributed by atoms with E-state index >= 15 is 0 Å². The number of rotatable bonds is 24. The van der Waals surface area contributed by atoms with Crippen molar-refractivity contribution in [2.45, 2.75) is 139 Å². The molecular weight excluding hydrogens is 804 g/mol. The standard InChI is InChI=1S/C46H71ClN4O10/c1-15-28(7)39(44(56)57)49-38(52)25-50(13)43(55)36(24-34-19-21-35(47)22-20-34)51(14)42(54)33(12)48-41(53)37(23-26(3)4)60-46(59)31(10)18-17-30(9)32(11)40(29(8)16-2)61-45(58)27(5)6/h16,18-22,26-28,30,32-33,36-37,39-40H,15,17,23-25H2,1-14H3,(H,48,53)(H,49,52)(H,56,57)/b29-16+,31-18+/t28?,30-,32-,33-,36+,37+,39-,40+/m0/s1. The molecule has 0 spiro atoms. The maximum atomic E-state index is 14.0. The molecule has 4 amide bonds. The summed E-state index contributed by atoms with van der Waals surface area (Å²) >= 11 is 6.09. The van der Waals surface area contributed by atoms with Gasteiger partial charge in [-0.25, -0.2) is 9.59 Å². The second kappa shape index (κ2) is 25.9. The van der Waals surface area contributed by atoms with Crippen molar-refractivity contribution in [3.05, 3.63) is 58.1 Å². The van der Waals surface area contributed by atoms with Crippen LogP contribution in [0.15, 0.2) is 47.6 Å². The number of ether oxygens (including phenoxy) is 2. The first-order chi connectivity index (χ1) is 28.4. The summed E-state index contributed by atoms with van der Waals surface area (Å²) < 4.78 is 11.6. The molecule has 0 bridgehead atoms. The van der Waals surface area contributed by atoms with Crippen molar-refractivity contribution in [2.75, 3.05) is 20.6 Å². The number of halogens is 1. The van der Waals surface area contributed by atoms with Crippen LogP contribution in [0.1, 0.15) is 108 Å². The van der Waals surface area contributed by atoms with Crippen molar-refractivity contribution in [3.63, 3.8) is 0 Å². The van der Waals surface area contributed by atoms with Gasteiger partial charge in [-0.3, -0.25) is 24.0 Å². The molecule has 0 saturated carbocycles. The molecule has 3 N–H and O–H groups in total. The van der Waals surface area contributed by atoms with Crippen molar-refractivity contribution in [3.8, 4) is 0 Å².